The summed E-state index contributed by atoms with van der Waals surface area (Å²) in [6.45, 7) is 7.28. The Labute approximate surface area is 290 Å². The molecular weight excluding hydrogens is 730 g/mol. The third-order valence-corrected chi connectivity index (χ3v) is 15.1. The van der Waals surface area contributed by atoms with Crippen molar-refractivity contribution in [2.75, 3.05) is 39.6 Å². The highest BCUT2D eigenvalue weighted by atomic mass is 32.9. The molecule has 12 nitrogen and oxygen atoms in total. The summed E-state index contributed by atoms with van der Waals surface area (Å²) in [7, 11) is 0. The first kappa shape index (κ1) is 39.3. The highest BCUT2D eigenvalue weighted by Crippen LogP contribution is 2.63. The maximum atomic E-state index is 6.11. The highest BCUT2D eigenvalue weighted by Gasteiger charge is 2.27. The van der Waals surface area contributed by atoms with Gasteiger partial charge in [0.1, 0.15) is 11.5 Å². The molecule has 3 rings (SSSR count). The van der Waals surface area contributed by atoms with E-state index in [0.29, 0.717) is 73.2 Å². The van der Waals surface area contributed by atoms with E-state index < -0.39 is 19.1 Å². The van der Waals surface area contributed by atoms with E-state index in [1.54, 1.807) is 29.1 Å². The largest absolute Gasteiger partial charge is 0.424 e. The van der Waals surface area contributed by atoms with Gasteiger partial charge in [0, 0.05) is 46.1 Å². The Morgan fingerprint density at radius 2 is 1.22 bits per heavy atom. The third-order valence-electron chi connectivity index (χ3n) is 5.30. The summed E-state index contributed by atoms with van der Waals surface area (Å²) in [5.74, 6) is 1.38. The molecule has 2 aromatic carbocycles. The molecule has 0 spiro atoms. The molecule has 19 heteroatoms. The Bertz CT molecular complexity index is 1550. The number of para-hydroxylation sites is 1. The lowest BCUT2D eigenvalue weighted by Crippen LogP contribution is -2.04. The zero-order valence-corrected chi connectivity index (χ0v) is 32.4. The second-order valence-corrected chi connectivity index (χ2v) is 20.5. The summed E-state index contributed by atoms with van der Waals surface area (Å²) < 4.78 is 47.9. The first-order valence-corrected chi connectivity index (χ1v) is 23.7. The Balaban J connectivity index is 2.05. The van der Waals surface area contributed by atoms with Crippen molar-refractivity contribution in [3.05, 3.63) is 54.1 Å². The van der Waals surface area contributed by atoms with E-state index in [1.807, 2.05) is 71.9 Å². The van der Waals surface area contributed by atoms with Crippen LogP contribution >= 0.6 is 30.5 Å². The van der Waals surface area contributed by atoms with Crippen LogP contribution in [-0.2, 0) is 62.6 Å². The number of aromatic nitrogens is 3. The molecule has 0 amide bonds. The molecule has 0 radical (unpaired) electrons. The van der Waals surface area contributed by atoms with Crippen LogP contribution in [0.1, 0.15) is 47.1 Å². The summed E-state index contributed by atoms with van der Waals surface area (Å²) in [5, 5.41) is 14.0. The van der Waals surface area contributed by atoms with Crippen molar-refractivity contribution in [3.63, 3.8) is 0 Å². The zero-order valence-electron chi connectivity index (χ0n) is 26.5. The molecule has 0 aliphatic carbocycles. The minimum absolute atomic E-state index is 0.347. The first-order chi connectivity index (χ1) is 22.1. The van der Waals surface area contributed by atoms with Gasteiger partial charge in [0.2, 0.25) is 5.16 Å². The van der Waals surface area contributed by atoms with Crippen LogP contribution in [0.2, 0.25) is 0 Å². The second kappa shape index (κ2) is 19.2. The molecule has 0 bridgehead atoms. The lowest BCUT2D eigenvalue weighted by molar-refractivity contribution is 0.217. The average molecular weight is 769 g/mol. The van der Waals surface area contributed by atoms with E-state index in [-0.39, 0.29) is 0 Å². The van der Waals surface area contributed by atoms with Gasteiger partial charge in [-0.05, 0) is 89.7 Å². The van der Waals surface area contributed by atoms with Gasteiger partial charge in [-0.25, -0.2) is 0 Å². The maximum absolute atomic E-state index is 6.11. The van der Waals surface area contributed by atoms with E-state index in [1.165, 1.54) is 11.4 Å². The topological polar surface area (TPSA) is 117 Å². The zero-order chi connectivity index (χ0) is 33.6. The van der Waals surface area contributed by atoms with E-state index in [9.17, 15) is 0 Å². The van der Waals surface area contributed by atoms with Crippen molar-refractivity contribution < 1.29 is 36.2 Å². The number of benzene rings is 2. The van der Waals surface area contributed by atoms with Crippen LogP contribution in [0.3, 0.4) is 0 Å². The number of hydrogen-bond acceptors (Lipinski definition) is 15. The molecule has 0 atom stereocenters. The predicted octanol–water partition coefficient (Wildman–Crippen LogP) is 8.57. The van der Waals surface area contributed by atoms with Crippen molar-refractivity contribution in [3.8, 4) is 22.9 Å². The molecule has 1 heterocycles. The standard InChI is InChI=1S/C27H39N4O8P3S4/c1-7-32-40(43,33-8-2)38-24-19-17-22(18-20-24)26-29-30-27(46-42(45,36-11-5)37-12-6)31(26)28-21-23-15-13-14-16-25(23)39-41(44,34-9-3)35-10-4/h13-21H,7-12H2,1-6H3/b28-21+. The van der Waals surface area contributed by atoms with Crippen LogP contribution in [0.4, 0.5) is 0 Å². The van der Waals surface area contributed by atoms with Crippen molar-refractivity contribution in [1.29, 1.82) is 0 Å². The van der Waals surface area contributed by atoms with E-state index in [2.05, 4.69) is 10.2 Å². The number of nitrogens with zero attached hydrogens (tertiary/aromatic N) is 4. The molecule has 0 saturated heterocycles. The minimum atomic E-state index is -3.03. The second-order valence-electron chi connectivity index (χ2n) is 8.55. The molecule has 0 aliphatic rings. The van der Waals surface area contributed by atoms with Gasteiger partial charge in [-0.1, -0.05) is 12.1 Å². The molecule has 1 aromatic heterocycles. The number of hydrogen-bond donors (Lipinski definition) is 0. The summed E-state index contributed by atoms with van der Waals surface area (Å²) in [4.78, 5) is 0. The SMILES string of the molecule is CCOP(=S)(OCC)Oc1ccc(-c2nnc(SP(=S)(OCC)OCC)n2/N=C/c2ccccc2OP(=S)(OCC)OCC)cc1. The average Bonchev–Trinajstić information content (AvgIpc) is 3.39. The molecule has 0 aliphatic heterocycles. The van der Waals surface area contributed by atoms with E-state index in [4.69, 9.17) is 76.7 Å². The van der Waals surface area contributed by atoms with Gasteiger partial charge in [-0.3, -0.25) is 18.1 Å². The fourth-order valence-electron chi connectivity index (χ4n) is 3.63. The van der Waals surface area contributed by atoms with Gasteiger partial charge in [-0.2, -0.15) is 9.78 Å². The third kappa shape index (κ3) is 11.5. The Morgan fingerprint density at radius 3 is 1.76 bits per heavy atom. The van der Waals surface area contributed by atoms with Crippen molar-refractivity contribution in [2.45, 2.75) is 46.7 Å². The van der Waals surface area contributed by atoms with Gasteiger partial charge < -0.3 is 18.1 Å². The monoisotopic (exact) mass is 768 g/mol. The van der Waals surface area contributed by atoms with Crippen LogP contribution in [0.15, 0.2) is 58.8 Å². The van der Waals surface area contributed by atoms with Crippen molar-refractivity contribution in [1.82, 2.24) is 14.9 Å². The lowest BCUT2D eigenvalue weighted by Gasteiger charge is -2.22. The van der Waals surface area contributed by atoms with Gasteiger partial charge in [0.25, 0.3) is 5.69 Å². The summed E-state index contributed by atoms with van der Waals surface area (Å²) >= 11 is 18.1. The smallest absolute Gasteiger partial charge is 0.380 e. The normalized spacial score (nSPS) is 12.6. The highest BCUT2D eigenvalue weighted by molar-refractivity contribution is 8.67. The van der Waals surface area contributed by atoms with Crippen molar-refractivity contribution >= 4 is 72.1 Å². The molecule has 0 unspecified atom stereocenters. The van der Waals surface area contributed by atoms with Crippen LogP contribution in [0.5, 0.6) is 11.5 Å². The van der Waals surface area contributed by atoms with Gasteiger partial charge >= 0.3 is 13.4 Å². The Morgan fingerprint density at radius 1 is 0.696 bits per heavy atom. The molecule has 46 heavy (non-hydrogen) atoms. The number of rotatable bonds is 21. The summed E-state index contributed by atoms with van der Waals surface area (Å²) in [5.41, 5.74) is -1.49. The van der Waals surface area contributed by atoms with E-state index >= 15 is 0 Å². The molecule has 0 saturated carbocycles. The predicted molar refractivity (Wildman–Crippen MR) is 195 cm³/mol. The fraction of sp³-hybridized carbons (Fsp3) is 0.444. The molecule has 3 aromatic rings. The lowest BCUT2D eigenvalue weighted by atomic mass is 10.2. The summed E-state index contributed by atoms with van der Waals surface area (Å²) in [6.07, 6.45) is 1.62. The fourth-order valence-corrected chi connectivity index (χ4v) is 12.2. The minimum Gasteiger partial charge on any atom is -0.424 e. The quantitative estimate of drug-likeness (QED) is 0.0761. The molecule has 0 N–H and O–H groups in total. The van der Waals surface area contributed by atoms with Gasteiger partial charge in [0.15, 0.2) is 5.82 Å². The Kier molecular flexibility index (Phi) is 16.4. The van der Waals surface area contributed by atoms with Crippen LogP contribution in [0.25, 0.3) is 11.4 Å². The van der Waals surface area contributed by atoms with Gasteiger partial charge in [-0.15, -0.1) is 10.2 Å². The molecular formula is C27H39N4O8P3S4. The van der Waals surface area contributed by atoms with Gasteiger partial charge in [0.05, 0.1) is 45.9 Å². The maximum Gasteiger partial charge on any atom is 0.380 e. The van der Waals surface area contributed by atoms with Crippen LogP contribution in [0, 0.1) is 0 Å². The first-order valence-electron chi connectivity index (χ1n) is 14.5. The molecule has 0 fully saturated rings. The summed E-state index contributed by atoms with van der Waals surface area (Å²) in [6, 6.07) is 14.4. The van der Waals surface area contributed by atoms with Crippen LogP contribution in [-0.4, -0.2) is 60.7 Å². The van der Waals surface area contributed by atoms with E-state index in [0.717, 1.165) is 0 Å². The Hall–Kier alpha value is -1.09. The van der Waals surface area contributed by atoms with Crippen LogP contribution < -0.4 is 9.05 Å². The van der Waals surface area contributed by atoms with Crippen molar-refractivity contribution in [2.24, 2.45) is 5.10 Å². The molecule has 254 valence electrons.